The van der Waals surface area contributed by atoms with Crippen LogP contribution >= 0.6 is 11.6 Å². The molecule has 6 nitrogen and oxygen atoms in total. The van der Waals surface area contributed by atoms with E-state index < -0.39 is 23.2 Å². The molecule has 3 aromatic rings. The molecule has 0 aliphatic carbocycles. The van der Waals surface area contributed by atoms with Crippen LogP contribution < -0.4 is 10.9 Å². The molecular weight excluding hydrogens is 411 g/mol. The molecule has 0 bridgehead atoms. The molecule has 1 heterocycles. The number of amides is 1. The Morgan fingerprint density at radius 2 is 1.83 bits per heavy atom. The fraction of sp³-hybridized carbons (Fsp3) is 0.105. The first-order chi connectivity index (χ1) is 13.6. The van der Waals surface area contributed by atoms with Crippen molar-refractivity contribution in [1.29, 1.82) is 0 Å². The zero-order chi connectivity index (χ0) is 21.2. The Labute approximate surface area is 167 Å². The van der Waals surface area contributed by atoms with Crippen LogP contribution in [0.4, 0.5) is 18.9 Å². The zero-order valence-corrected chi connectivity index (χ0v) is 15.3. The molecule has 0 aliphatic heterocycles. The lowest BCUT2D eigenvalue weighted by Crippen LogP contribution is -2.27. The summed E-state index contributed by atoms with van der Waals surface area (Å²) in [5.74, 6) is -0.792. The van der Waals surface area contributed by atoms with Gasteiger partial charge in [0.25, 0.3) is 5.56 Å². The number of carbonyl (C=O) groups is 1. The fourth-order valence-corrected chi connectivity index (χ4v) is 2.66. The SMILES string of the molecule is O=C(Cn1cnc(-c2ccc(C(F)(F)F)cc2)cc1=O)Nc1cc(Cl)ccc1O. The fourth-order valence-electron chi connectivity index (χ4n) is 2.49. The molecule has 0 spiro atoms. The Balaban J connectivity index is 1.75. The Morgan fingerprint density at radius 1 is 1.14 bits per heavy atom. The highest BCUT2D eigenvalue weighted by Gasteiger charge is 2.30. The van der Waals surface area contributed by atoms with Crippen LogP contribution in [0.1, 0.15) is 5.56 Å². The maximum atomic E-state index is 12.6. The molecule has 29 heavy (non-hydrogen) atoms. The van der Waals surface area contributed by atoms with Crippen molar-refractivity contribution in [2.75, 3.05) is 5.32 Å². The average Bonchev–Trinajstić information content (AvgIpc) is 2.66. The topological polar surface area (TPSA) is 84.2 Å². The van der Waals surface area contributed by atoms with Gasteiger partial charge in [0.05, 0.1) is 23.3 Å². The highest BCUT2D eigenvalue weighted by atomic mass is 35.5. The summed E-state index contributed by atoms with van der Waals surface area (Å²) in [6.07, 6.45) is -3.34. The molecule has 0 aliphatic rings. The lowest BCUT2D eigenvalue weighted by atomic mass is 10.1. The summed E-state index contributed by atoms with van der Waals surface area (Å²) in [4.78, 5) is 28.4. The second-order valence-electron chi connectivity index (χ2n) is 6.03. The predicted octanol–water partition coefficient (Wildman–Crippen LogP) is 3.93. The Bertz CT molecular complexity index is 1110. The molecule has 0 saturated heterocycles. The van der Waals surface area contributed by atoms with Crippen LogP contribution in [0.5, 0.6) is 5.75 Å². The smallest absolute Gasteiger partial charge is 0.416 e. The second-order valence-corrected chi connectivity index (χ2v) is 6.46. The number of benzene rings is 2. The van der Waals surface area contributed by atoms with Crippen molar-refractivity contribution >= 4 is 23.2 Å². The number of halogens is 4. The van der Waals surface area contributed by atoms with E-state index >= 15 is 0 Å². The summed E-state index contributed by atoms with van der Waals surface area (Å²) in [6.45, 7) is -0.384. The number of phenols is 1. The molecule has 2 N–H and O–H groups in total. The number of carbonyl (C=O) groups excluding carboxylic acids is 1. The molecule has 0 atom stereocenters. The first-order valence-electron chi connectivity index (χ1n) is 8.16. The van der Waals surface area contributed by atoms with Gasteiger partial charge in [0.2, 0.25) is 5.91 Å². The molecule has 10 heteroatoms. The highest BCUT2D eigenvalue weighted by molar-refractivity contribution is 6.31. The zero-order valence-electron chi connectivity index (χ0n) is 14.6. The van der Waals surface area contributed by atoms with Gasteiger partial charge in [0.1, 0.15) is 12.3 Å². The normalized spacial score (nSPS) is 11.3. The molecule has 1 aromatic heterocycles. The molecule has 2 aromatic carbocycles. The Morgan fingerprint density at radius 3 is 2.45 bits per heavy atom. The molecule has 0 fully saturated rings. The van der Waals surface area contributed by atoms with Crippen molar-refractivity contribution in [2.45, 2.75) is 12.7 Å². The minimum atomic E-state index is -4.46. The molecule has 150 valence electrons. The van der Waals surface area contributed by atoms with Gasteiger partial charge in [-0.05, 0) is 30.3 Å². The lowest BCUT2D eigenvalue weighted by Gasteiger charge is -2.10. The van der Waals surface area contributed by atoms with Gasteiger partial charge in [-0.1, -0.05) is 23.7 Å². The van der Waals surface area contributed by atoms with E-state index in [2.05, 4.69) is 10.3 Å². The van der Waals surface area contributed by atoms with Crippen molar-refractivity contribution in [2.24, 2.45) is 0 Å². The summed E-state index contributed by atoms with van der Waals surface area (Å²) in [6, 6.07) is 9.44. The minimum absolute atomic E-state index is 0.0879. The number of hydrogen-bond donors (Lipinski definition) is 2. The van der Waals surface area contributed by atoms with Crippen molar-refractivity contribution in [1.82, 2.24) is 9.55 Å². The van der Waals surface area contributed by atoms with E-state index in [0.717, 1.165) is 29.1 Å². The van der Waals surface area contributed by atoms with Crippen molar-refractivity contribution in [3.8, 4) is 17.0 Å². The van der Waals surface area contributed by atoms with E-state index in [-0.39, 0.29) is 23.7 Å². The van der Waals surface area contributed by atoms with E-state index in [4.69, 9.17) is 11.6 Å². The number of hydrogen-bond acceptors (Lipinski definition) is 4. The summed E-state index contributed by atoms with van der Waals surface area (Å²) in [7, 11) is 0. The number of anilines is 1. The molecule has 1 amide bonds. The first kappa shape index (κ1) is 20.4. The summed E-state index contributed by atoms with van der Waals surface area (Å²) >= 11 is 5.81. The van der Waals surface area contributed by atoms with E-state index in [1.54, 1.807) is 0 Å². The minimum Gasteiger partial charge on any atom is -0.506 e. The number of aromatic nitrogens is 2. The van der Waals surface area contributed by atoms with E-state index in [1.807, 2.05) is 0 Å². The van der Waals surface area contributed by atoms with Crippen molar-refractivity contribution in [3.05, 3.63) is 75.8 Å². The molecule has 0 radical (unpaired) electrons. The monoisotopic (exact) mass is 423 g/mol. The predicted molar refractivity (Wildman–Crippen MR) is 101 cm³/mol. The van der Waals surface area contributed by atoms with Gasteiger partial charge >= 0.3 is 6.18 Å². The van der Waals surface area contributed by atoms with Crippen LogP contribution in [0.25, 0.3) is 11.3 Å². The largest absolute Gasteiger partial charge is 0.506 e. The lowest BCUT2D eigenvalue weighted by molar-refractivity contribution is -0.137. The highest BCUT2D eigenvalue weighted by Crippen LogP contribution is 2.30. The van der Waals surface area contributed by atoms with Crippen LogP contribution in [0.15, 0.2) is 59.7 Å². The molecule has 0 unspecified atom stereocenters. The molecular formula is C19H13ClF3N3O3. The second kappa shape index (κ2) is 7.96. The number of nitrogens with zero attached hydrogens (tertiary/aromatic N) is 2. The Hall–Kier alpha value is -3.33. The van der Waals surface area contributed by atoms with Gasteiger partial charge in [-0.25, -0.2) is 4.98 Å². The molecule has 3 rings (SSSR count). The maximum absolute atomic E-state index is 12.6. The third kappa shape index (κ3) is 4.94. The van der Waals surface area contributed by atoms with Crippen LogP contribution in [0.3, 0.4) is 0 Å². The maximum Gasteiger partial charge on any atom is 0.416 e. The third-order valence-corrected chi connectivity index (χ3v) is 4.17. The van der Waals surface area contributed by atoms with Gasteiger partial charge in [0, 0.05) is 16.7 Å². The number of aromatic hydroxyl groups is 1. The van der Waals surface area contributed by atoms with Crippen molar-refractivity contribution in [3.63, 3.8) is 0 Å². The first-order valence-corrected chi connectivity index (χ1v) is 8.54. The van der Waals surface area contributed by atoms with Crippen LogP contribution in [0.2, 0.25) is 5.02 Å². The van der Waals surface area contributed by atoms with Gasteiger partial charge in [0.15, 0.2) is 0 Å². The number of phenolic OH excluding ortho intramolecular Hbond substituents is 1. The van der Waals surface area contributed by atoms with E-state index in [0.29, 0.717) is 10.6 Å². The summed E-state index contributed by atoms with van der Waals surface area (Å²) < 4.78 is 38.9. The Kier molecular flexibility index (Phi) is 5.60. The summed E-state index contributed by atoms with van der Waals surface area (Å²) in [5, 5.41) is 12.4. The van der Waals surface area contributed by atoms with Gasteiger partial charge in [-0.3, -0.25) is 14.2 Å². The summed E-state index contributed by atoms with van der Waals surface area (Å²) in [5.41, 5.74) is -0.788. The standard InChI is InChI=1S/C19H13ClF3N3O3/c20-13-5-6-16(27)15(7-13)25-17(28)9-26-10-24-14(8-18(26)29)11-1-3-12(4-2-11)19(21,22)23/h1-8,10,27H,9H2,(H,25,28). The van der Waals surface area contributed by atoms with Gasteiger partial charge < -0.3 is 10.4 Å². The third-order valence-electron chi connectivity index (χ3n) is 3.93. The van der Waals surface area contributed by atoms with Crippen LogP contribution in [-0.4, -0.2) is 20.6 Å². The van der Waals surface area contributed by atoms with Crippen molar-refractivity contribution < 1.29 is 23.1 Å². The van der Waals surface area contributed by atoms with Crippen LogP contribution in [-0.2, 0) is 17.5 Å². The van der Waals surface area contributed by atoms with Crippen LogP contribution in [0, 0.1) is 0 Å². The average molecular weight is 424 g/mol. The van der Waals surface area contributed by atoms with E-state index in [9.17, 15) is 27.9 Å². The number of rotatable bonds is 4. The van der Waals surface area contributed by atoms with Gasteiger partial charge in [-0.15, -0.1) is 0 Å². The van der Waals surface area contributed by atoms with Gasteiger partial charge in [-0.2, -0.15) is 13.2 Å². The number of nitrogens with one attached hydrogen (secondary N) is 1. The molecule has 0 saturated carbocycles. The van der Waals surface area contributed by atoms with E-state index in [1.165, 1.54) is 30.3 Å². The number of alkyl halides is 3. The quantitative estimate of drug-likeness (QED) is 0.623.